The monoisotopic (exact) mass is 360 g/mol. The molecule has 0 fully saturated rings. The minimum absolute atomic E-state index is 0.0417. The van der Waals surface area contributed by atoms with Crippen molar-refractivity contribution >= 4 is 17.6 Å². The minimum Gasteiger partial charge on any atom is -0.338 e. The van der Waals surface area contributed by atoms with Crippen LogP contribution in [-0.2, 0) is 13.0 Å². The average Bonchev–Trinajstić information content (AvgIpc) is 3.10. The van der Waals surface area contributed by atoms with Gasteiger partial charge >= 0.3 is 6.03 Å². The molecular formula is C19H25ClN4O. The van der Waals surface area contributed by atoms with Crippen molar-refractivity contribution in [3.63, 3.8) is 0 Å². The molecule has 0 bridgehead atoms. The molecule has 2 N–H and O–H groups in total. The van der Waals surface area contributed by atoms with Gasteiger partial charge < -0.3 is 10.6 Å². The third kappa shape index (κ3) is 4.15. The van der Waals surface area contributed by atoms with Crippen LogP contribution in [0.1, 0.15) is 41.9 Å². The van der Waals surface area contributed by atoms with Crippen LogP contribution in [0.15, 0.2) is 24.3 Å². The lowest BCUT2D eigenvalue weighted by atomic mass is 10.1. The van der Waals surface area contributed by atoms with Crippen LogP contribution in [0.4, 0.5) is 4.79 Å². The summed E-state index contributed by atoms with van der Waals surface area (Å²) in [5, 5.41) is 11.3. The number of aryl methyl sites for hydroxylation is 2. The zero-order valence-electron chi connectivity index (χ0n) is 15.0. The van der Waals surface area contributed by atoms with Crippen molar-refractivity contribution in [1.29, 1.82) is 0 Å². The van der Waals surface area contributed by atoms with Crippen LogP contribution < -0.4 is 10.6 Å². The van der Waals surface area contributed by atoms with E-state index in [-0.39, 0.29) is 12.1 Å². The minimum atomic E-state index is -0.127. The quantitative estimate of drug-likeness (QED) is 0.852. The van der Waals surface area contributed by atoms with Crippen LogP contribution >= 0.6 is 11.6 Å². The van der Waals surface area contributed by atoms with E-state index < -0.39 is 0 Å². The first-order chi connectivity index (χ1) is 11.9. The van der Waals surface area contributed by atoms with Crippen LogP contribution in [0.3, 0.4) is 0 Å². The number of amides is 2. The molecule has 2 atom stereocenters. The van der Waals surface area contributed by atoms with E-state index in [4.69, 9.17) is 11.6 Å². The van der Waals surface area contributed by atoms with Crippen LogP contribution in [0, 0.1) is 19.8 Å². The molecule has 2 aromatic rings. The van der Waals surface area contributed by atoms with Crippen molar-refractivity contribution < 1.29 is 4.79 Å². The van der Waals surface area contributed by atoms with Gasteiger partial charge in [-0.05, 0) is 55.9 Å². The summed E-state index contributed by atoms with van der Waals surface area (Å²) in [6.45, 7) is 7.56. The van der Waals surface area contributed by atoms with Crippen LogP contribution in [0.5, 0.6) is 0 Å². The fraction of sp³-hybridized carbons (Fsp3) is 0.474. The largest absolute Gasteiger partial charge is 0.338 e. The normalized spacial score (nSPS) is 17.2. The number of nitrogens with one attached hydrogen (secondary N) is 2. The van der Waals surface area contributed by atoms with Gasteiger partial charge in [-0.15, -0.1) is 0 Å². The van der Waals surface area contributed by atoms with Gasteiger partial charge in [0.15, 0.2) is 0 Å². The second kappa shape index (κ2) is 7.48. The van der Waals surface area contributed by atoms with Crippen LogP contribution in [0.2, 0.25) is 5.02 Å². The molecule has 0 saturated carbocycles. The molecule has 2 unspecified atom stereocenters. The lowest BCUT2D eigenvalue weighted by Gasteiger charge is -2.17. The number of carbonyl (C=O) groups is 1. The SMILES string of the molecule is Cc1cc(C)n(CC(C)CNC(=O)NC2CCc3c(Cl)cccc32)n1. The summed E-state index contributed by atoms with van der Waals surface area (Å²) in [6, 6.07) is 7.87. The number of aromatic nitrogens is 2. The molecular weight excluding hydrogens is 336 g/mol. The molecule has 1 aliphatic rings. The maximum Gasteiger partial charge on any atom is 0.315 e. The van der Waals surface area contributed by atoms with Gasteiger partial charge in [0.2, 0.25) is 0 Å². The molecule has 6 heteroatoms. The van der Waals surface area contributed by atoms with Gasteiger partial charge in [0.05, 0.1) is 11.7 Å². The van der Waals surface area contributed by atoms with Crippen LogP contribution in [-0.4, -0.2) is 22.4 Å². The van der Waals surface area contributed by atoms with Crippen LogP contribution in [0.25, 0.3) is 0 Å². The maximum absolute atomic E-state index is 12.2. The summed E-state index contributed by atoms with van der Waals surface area (Å²) in [5.41, 5.74) is 4.47. The molecule has 1 heterocycles. The molecule has 0 saturated heterocycles. The highest BCUT2D eigenvalue weighted by Crippen LogP contribution is 2.35. The van der Waals surface area contributed by atoms with Crippen molar-refractivity contribution in [2.45, 2.75) is 46.2 Å². The summed E-state index contributed by atoms with van der Waals surface area (Å²) in [7, 11) is 0. The molecule has 2 amide bonds. The second-order valence-electron chi connectivity index (χ2n) is 6.97. The van der Waals surface area contributed by atoms with Gasteiger partial charge in [0.25, 0.3) is 0 Å². The molecule has 134 valence electrons. The van der Waals surface area contributed by atoms with Crippen molar-refractivity contribution in [3.05, 3.63) is 51.8 Å². The van der Waals surface area contributed by atoms with Crippen molar-refractivity contribution in [3.8, 4) is 0 Å². The van der Waals surface area contributed by atoms with E-state index >= 15 is 0 Å². The Morgan fingerprint density at radius 1 is 1.44 bits per heavy atom. The van der Waals surface area contributed by atoms with E-state index in [9.17, 15) is 4.79 Å². The highest BCUT2D eigenvalue weighted by Gasteiger charge is 2.25. The number of nitrogens with zero attached hydrogens (tertiary/aromatic N) is 2. The average molecular weight is 361 g/mol. The molecule has 0 aliphatic heterocycles. The maximum atomic E-state index is 12.2. The fourth-order valence-corrected chi connectivity index (χ4v) is 3.73. The van der Waals surface area contributed by atoms with E-state index in [1.54, 1.807) is 0 Å². The van der Waals surface area contributed by atoms with Crippen molar-refractivity contribution in [2.24, 2.45) is 5.92 Å². The summed E-state index contributed by atoms with van der Waals surface area (Å²) < 4.78 is 1.99. The molecule has 0 spiro atoms. The fourth-order valence-electron chi connectivity index (χ4n) is 3.46. The molecule has 3 rings (SSSR count). The smallest absolute Gasteiger partial charge is 0.315 e. The Kier molecular flexibility index (Phi) is 5.33. The molecule has 1 aromatic carbocycles. The Labute approximate surface area is 153 Å². The molecule has 0 radical (unpaired) electrons. The highest BCUT2D eigenvalue weighted by atomic mass is 35.5. The third-order valence-corrected chi connectivity index (χ3v) is 5.07. The molecule has 5 nitrogen and oxygen atoms in total. The Hall–Kier alpha value is -2.01. The number of halogens is 1. The van der Waals surface area contributed by atoms with Gasteiger partial charge in [-0.2, -0.15) is 5.10 Å². The van der Waals surface area contributed by atoms with E-state index in [1.165, 1.54) is 0 Å². The van der Waals surface area contributed by atoms with Gasteiger partial charge in [0.1, 0.15) is 0 Å². The van der Waals surface area contributed by atoms with Gasteiger partial charge in [0, 0.05) is 23.8 Å². The lowest BCUT2D eigenvalue weighted by molar-refractivity contribution is 0.234. The standard InChI is InChI=1S/C19H25ClN4O/c1-12(11-24-14(3)9-13(2)23-24)10-21-19(25)22-18-8-7-15-16(18)5-4-6-17(15)20/h4-6,9,12,18H,7-8,10-11H2,1-3H3,(H2,21,22,25). The Bertz CT molecular complexity index is 771. The zero-order chi connectivity index (χ0) is 18.0. The van der Waals surface area contributed by atoms with E-state index in [1.807, 2.05) is 29.8 Å². The summed E-state index contributed by atoms with van der Waals surface area (Å²) >= 11 is 6.23. The first kappa shape index (κ1) is 17.8. The number of hydrogen-bond acceptors (Lipinski definition) is 2. The third-order valence-electron chi connectivity index (χ3n) is 4.72. The molecule has 1 aromatic heterocycles. The predicted octanol–water partition coefficient (Wildman–Crippen LogP) is 3.78. The Balaban J connectivity index is 1.49. The first-order valence-corrected chi connectivity index (χ1v) is 9.14. The van der Waals surface area contributed by atoms with E-state index in [2.05, 4.69) is 35.6 Å². The first-order valence-electron chi connectivity index (χ1n) is 8.76. The highest BCUT2D eigenvalue weighted by molar-refractivity contribution is 6.31. The second-order valence-corrected chi connectivity index (χ2v) is 7.37. The van der Waals surface area contributed by atoms with Gasteiger partial charge in [-0.3, -0.25) is 4.68 Å². The van der Waals surface area contributed by atoms with Crippen molar-refractivity contribution in [2.75, 3.05) is 6.54 Å². The number of rotatable bonds is 5. The number of carbonyl (C=O) groups excluding carboxylic acids is 1. The van der Waals surface area contributed by atoms with Crippen molar-refractivity contribution in [1.82, 2.24) is 20.4 Å². The molecule has 25 heavy (non-hydrogen) atoms. The summed E-state index contributed by atoms with van der Waals surface area (Å²) in [6.07, 6.45) is 1.81. The van der Waals surface area contributed by atoms with Gasteiger partial charge in [-0.1, -0.05) is 30.7 Å². The van der Waals surface area contributed by atoms with E-state index in [0.717, 1.165) is 46.9 Å². The number of hydrogen-bond donors (Lipinski definition) is 2. The summed E-state index contributed by atoms with van der Waals surface area (Å²) in [5.74, 6) is 0.300. The Morgan fingerprint density at radius 3 is 2.96 bits per heavy atom. The molecule has 1 aliphatic carbocycles. The number of fused-ring (bicyclic) bond motifs is 1. The predicted molar refractivity (Wildman–Crippen MR) is 99.9 cm³/mol. The summed E-state index contributed by atoms with van der Waals surface area (Å²) in [4.78, 5) is 12.2. The Morgan fingerprint density at radius 2 is 2.24 bits per heavy atom. The topological polar surface area (TPSA) is 59.0 Å². The zero-order valence-corrected chi connectivity index (χ0v) is 15.7. The number of benzene rings is 1. The lowest BCUT2D eigenvalue weighted by Crippen LogP contribution is -2.40. The van der Waals surface area contributed by atoms with E-state index in [0.29, 0.717) is 12.5 Å². The number of urea groups is 1. The van der Waals surface area contributed by atoms with Gasteiger partial charge in [-0.25, -0.2) is 4.79 Å².